The summed E-state index contributed by atoms with van der Waals surface area (Å²) >= 11 is 5.69. The zero-order chi connectivity index (χ0) is 13.0. The van der Waals surface area contributed by atoms with E-state index in [1.165, 1.54) is 4.90 Å². The Bertz CT molecular complexity index is 390. The van der Waals surface area contributed by atoms with Crippen molar-refractivity contribution in [1.29, 1.82) is 0 Å². The molecular weight excluding hydrogens is 244 g/mol. The van der Waals surface area contributed by atoms with E-state index < -0.39 is 0 Å². The van der Waals surface area contributed by atoms with Crippen LogP contribution in [0.2, 0.25) is 5.28 Å². The smallest absolute Gasteiger partial charge is 0.241 e. The first-order valence-corrected chi connectivity index (χ1v) is 5.44. The molecule has 8 heteroatoms. The second kappa shape index (κ2) is 5.62. The maximum atomic E-state index is 11.6. The second-order valence-corrected chi connectivity index (χ2v) is 3.90. The molecule has 17 heavy (non-hydrogen) atoms. The summed E-state index contributed by atoms with van der Waals surface area (Å²) in [6.07, 6.45) is 0. The van der Waals surface area contributed by atoms with Crippen molar-refractivity contribution in [2.24, 2.45) is 0 Å². The van der Waals surface area contributed by atoms with E-state index in [1.807, 2.05) is 6.92 Å². The van der Waals surface area contributed by atoms with E-state index in [-0.39, 0.29) is 23.7 Å². The summed E-state index contributed by atoms with van der Waals surface area (Å²) in [6.45, 7) is 2.62. The van der Waals surface area contributed by atoms with E-state index in [0.29, 0.717) is 12.5 Å². The zero-order valence-corrected chi connectivity index (χ0v) is 10.8. The lowest BCUT2D eigenvalue weighted by Gasteiger charge is -2.22. The lowest BCUT2D eigenvalue weighted by molar-refractivity contribution is -0.127. The molecule has 0 bridgehead atoms. The van der Waals surface area contributed by atoms with Crippen LogP contribution in [0.1, 0.15) is 6.92 Å². The Labute approximate surface area is 105 Å². The standard InChI is InChI=1S/C9H15ClN6O/c1-4-16(5-6(17)15(2)3)9-13-7(10)12-8(11)14-9/h4-5H2,1-3H3,(H2,11,12,13,14). The molecule has 0 aliphatic carbocycles. The number of nitrogens with two attached hydrogens (primary N) is 1. The predicted octanol–water partition coefficient (Wildman–Crippen LogP) is 0.0217. The number of rotatable bonds is 4. The van der Waals surface area contributed by atoms with E-state index in [2.05, 4.69) is 15.0 Å². The van der Waals surface area contributed by atoms with Gasteiger partial charge in [-0.3, -0.25) is 4.79 Å². The number of carbonyl (C=O) groups is 1. The van der Waals surface area contributed by atoms with E-state index in [1.54, 1.807) is 19.0 Å². The number of hydrogen-bond donors (Lipinski definition) is 1. The summed E-state index contributed by atoms with van der Waals surface area (Å²) < 4.78 is 0. The maximum Gasteiger partial charge on any atom is 0.241 e. The molecule has 1 aromatic heterocycles. The van der Waals surface area contributed by atoms with Crippen LogP contribution >= 0.6 is 11.6 Å². The van der Waals surface area contributed by atoms with Crippen molar-refractivity contribution in [2.45, 2.75) is 6.92 Å². The quantitative estimate of drug-likeness (QED) is 0.819. The van der Waals surface area contributed by atoms with Crippen LogP contribution in [0.15, 0.2) is 0 Å². The molecule has 2 N–H and O–H groups in total. The number of nitrogen functional groups attached to an aromatic ring is 1. The van der Waals surface area contributed by atoms with E-state index in [9.17, 15) is 4.79 Å². The van der Waals surface area contributed by atoms with E-state index in [4.69, 9.17) is 17.3 Å². The Kier molecular flexibility index (Phi) is 4.45. The van der Waals surface area contributed by atoms with Gasteiger partial charge in [0.1, 0.15) is 0 Å². The normalized spacial score (nSPS) is 10.1. The van der Waals surface area contributed by atoms with Gasteiger partial charge in [-0.05, 0) is 18.5 Å². The van der Waals surface area contributed by atoms with Crippen molar-refractivity contribution in [1.82, 2.24) is 19.9 Å². The van der Waals surface area contributed by atoms with Gasteiger partial charge >= 0.3 is 0 Å². The number of nitrogens with zero attached hydrogens (tertiary/aromatic N) is 5. The molecule has 0 radical (unpaired) electrons. The molecule has 0 aliphatic rings. The molecule has 1 rings (SSSR count). The summed E-state index contributed by atoms with van der Waals surface area (Å²) in [6, 6.07) is 0. The Morgan fingerprint density at radius 3 is 2.47 bits per heavy atom. The number of anilines is 2. The highest BCUT2D eigenvalue weighted by molar-refractivity contribution is 6.28. The van der Waals surface area contributed by atoms with E-state index in [0.717, 1.165) is 0 Å². The van der Waals surface area contributed by atoms with Gasteiger partial charge in [0.05, 0.1) is 6.54 Å². The largest absolute Gasteiger partial charge is 0.368 e. The molecule has 0 saturated carbocycles. The molecular formula is C9H15ClN6O. The van der Waals surface area contributed by atoms with Gasteiger partial charge in [-0.1, -0.05) is 0 Å². The molecule has 1 amide bonds. The third-order valence-corrected chi connectivity index (χ3v) is 2.27. The SMILES string of the molecule is CCN(CC(=O)N(C)C)c1nc(N)nc(Cl)n1. The van der Waals surface area contributed by atoms with Crippen LogP contribution in [0, 0.1) is 0 Å². The summed E-state index contributed by atoms with van der Waals surface area (Å²) in [5.74, 6) is 0.290. The zero-order valence-electron chi connectivity index (χ0n) is 10.0. The minimum Gasteiger partial charge on any atom is -0.368 e. The topological polar surface area (TPSA) is 88.2 Å². The van der Waals surface area contributed by atoms with Crippen LogP contribution < -0.4 is 10.6 Å². The van der Waals surface area contributed by atoms with Gasteiger partial charge in [0.2, 0.25) is 23.1 Å². The summed E-state index contributed by atoms with van der Waals surface area (Å²) in [4.78, 5) is 26.3. The van der Waals surface area contributed by atoms with E-state index >= 15 is 0 Å². The van der Waals surface area contributed by atoms with Crippen LogP contribution in [0.3, 0.4) is 0 Å². The maximum absolute atomic E-state index is 11.6. The first-order chi connectivity index (χ1) is 7.93. The van der Waals surface area contributed by atoms with Gasteiger partial charge in [-0.15, -0.1) is 0 Å². The number of halogens is 1. The van der Waals surface area contributed by atoms with Gasteiger partial charge in [0, 0.05) is 20.6 Å². The fourth-order valence-corrected chi connectivity index (χ4v) is 1.29. The fourth-order valence-electron chi connectivity index (χ4n) is 1.12. The average molecular weight is 259 g/mol. The molecule has 94 valence electrons. The van der Waals surface area contributed by atoms with Gasteiger partial charge in [0.25, 0.3) is 0 Å². The van der Waals surface area contributed by atoms with Crippen LogP contribution in [-0.4, -0.2) is 52.9 Å². The third kappa shape index (κ3) is 3.70. The third-order valence-electron chi connectivity index (χ3n) is 2.10. The molecule has 1 heterocycles. The van der Waals surface area contributed by atoms with Crippen LogP contribution in [-0.2, 0) is 4.79 Å². The Hall–Kier alpha value is -1.63. The number of aromatic nitrogens is 3. The minimum atomic E-state index is -0.0537. The summed E-state index contributed by atoms with van der Waals surface area (Å²) in [5.41, 5.74) is 5.47. The molecule has 0 saturated heterocycles. The van der Waals surface area contributed by atoms with Crippen molar-refractivity contribution in [3.8, 4) is 0 Å². The van der Waals surface area contributed by atoms with Gasteiger partial charge in [0.15, 0.2) is 0 Å². The molecule has 7 nitrogen and oxygen atoms in total. The number of carbonyl (C=O) groups excluding carboxylic acids is 1. The highest BCUT2D eigenvalue weighted by atomic mass is 35.5. The monoisotopic (exact) mass is 258 g/mol. The van der Waals surface area contributed by atoms with Crippen LogP contribution in [0.25, 0.3) is 0 Å². The molecule has 0 aromatic carbocycles. The lowest BCUT2D eigenvalue weighted by Crippen LogP contribution is -2.37. The Balaban J connectivity index is 2.89. The van der Waals surface area contributed by atoms with Crippen molar-refractivity contribution in [3.63, 3.8) is 0 Å². The molecule has 0 spiro atoms. The molecule has 0 atom stereocenters. The molecule has 0 fully saturated rings. The molecule has 0 unspecified atom stereocenters. The number of hydrogen-bond acceptors (Lipinski definition) is 6. The second-order valence-electron chi connectivity index (χ2n) is 3.56. The summed E-state index contributed by atoms with van der Waals surface area (Å²) in [5, 5.41) is 0.0169. The molecule has 1 aromatic rings. The lowest BCUT2D eigenvalue weighted by atomic mass is 10.4. The Morgan fingerprint density at radius 1 is 1.35 bits per heavy atom. The molecule has 0 aliphatic heterocycles. The summed E-state index contributed by atoms with van der Waals surface area (Å²) in [7, 11) is 3.37. The van der Waals surface area contributed by atoms with Crippen molar-refractivity contribution < 1.29 is 4.79 Å². The highest BCUT2D eigenvalue weighted by Gasteiger charge is 2.15. The average Bonchev–Trinajstić information content (AvgIpc) is 2.23. The first kappa shape index (κ1) is 13.4. The van der Waals surface area contributed by atoms with Crippen LogP contribution in [0.5, 0.6) is 0 Å². The van der Waals surface area contributed by atoms with Crippen molar-refractivity contribution in [3.05, 3.63) is 5.28 Å². The first-order valence-electron chi connectivity index (χ1n) is 5.06. The van der Waals surface area contributed by atoms with Crippen molar-refractivity contribution in [2.75, 3.05) is 37.8 Å². The highest BCUT2D eigenvalue weighted by Crippen LogP contribution is 2.11. The Morgan fingerprint density at radius 2 is 2.00 bits per heavy atom. The van der Waals surface area contributed by atoms with Crippen molar-refractivity contribution >= 4 is 29.4 Å². The fraction of sp³-hybridized carbons (Fsp3) is 0.556. The van der Waals surface area contributed by atoms with Gasteiger partial charge in [-0.2, -0.15) is 15.0 Å². The van der Waals surface area contributed by atoms with Gasteiger partial charge < -0.3 is 15.5 Å². The van der Waals surface area contributed by atoms with Crippen LogP contribution in [0.4, 0.5) is 11.9 Å². The predicted molar refractivity (Wildman–Crippen MR) is 65.8 cm³/mol. The van der Waals surface area contributed by atoms with Gasteiger partial charge in [-0.25, -0.2) is 0 Å². The number of likely N-dealkylation sites (N-methyl/N-ethyl adjacent to an activating group) is 2. The minimum absolute atomic E-state index is 0.0169. The number of amides is 1.